The Labute approximate surface area is 92.8 Å². The minimum Gasteiger partial charge on any atom is -0.494 e. The van der Waals surface area contributed by atoms with E-state index in [0.717, 1.165) is 0 Å². The van der Waals surface area contributed by atoms with Crippen LogP contribution in [0.5, 0.6) is 5.75 Å². The number of nitrogens with zero attached hydrogens (tertiary/aromatic N) is 2. The molecule has 0 aliphatic heterocycles. The van der Waals surface area contributed by atoms with E-state index >= 15 is 0 Å². The van der Waals surface area contributed by atoms with Gasteiger partial charge >= 0.3 is 0 Å². The molecule has 0 fully saturated rings. The molecule has 0 bridgehead atoms. The fraction of sp³-hybridized carbons (Fsp3) is 0.250. The topological polar surface area (TPSA) is 45.9 Å². The van der Waals surface area contributed by atoms with Gasteiger partial charge in [-0.1, -0.05) is 0 Å². The molecular weight excluding hydrogens is 305 g/mol. The molecule has 0 aliphatic carbocycles. The number of hydrogen-bond acceptors (Lipinski definition) is 3. The fourth-order valence-electron chi connectivity index (χ4n) is 0.899. The van der Waals surface area contributed by atoms with Gasteiger partial charge in [-0.15, -0.1) is 0 Å². The maximum Gasteiger partial charge on any atom is 0.281 e. The summed E-state index contributed by atoms with van der Waals surface area (Å²) >= 11 is 1.78. The molecule has 1 aromatic rings. The molecule has 0 saturated heterocycles. The van der Waals surface area contributed by atoms with Crippen LogP contribution in [0.15, 0.2) is 6.20 Å². The van der Waals surface area contributed by atoms with Crippen LogP contribution in [0, 0.1) is 14.9 Å². The van der Waals surface area contributed by atoms with Gasteiger partial charge < -0.3 is 4.74 Å². The lowest BCUT2D eigenvalue weighted by Crippen LogP contribution is -2.00. The normalized spacial score (nSPS) is 10.0. The third-order valence-electron chi connectivity index (χ3n) is 1.55. The molecule has 0 spiro atoms. The average molecular weight is 310 g/mol. The highest BCUT2D eigenvalue weighted by atomic mass is 127. The average Bonchev–Trinajstić information content (AvgIpc) is 2.17. The Hall–Kier alpha value is -0.970. The van der Waals surface area contributed by atoms with Gasteiger partial charge in [0.05, 0.1) is 22.4 Å². The molecule has 74 valence electrons. The third kappa shape index (κ3) is 1.92. The Bertz CT molecular complexity index is 390. The Morgan fingerprint density at radius 2 is 2.29 bits per heavy atom. The number of hydrogen-bond donors (Lipinski definition) is 0. The minimum absolute atomic E-state index is 0.125. The van der Waals surface area contributed by atoms with Crippen LogP contribution in [0.1, 0.15) is 17.7 Å². The number of alkyl halides is 2. The molecule has 6 heteroatoms. The SMILES string of the molecule is COc1cnc(C(F)F)c(C#N)c1I. The Morgan fingerprint density at radius 1 is 1.64 bits per heavy atom. The van der Waals surface area contributed by atoms with Crippen LogP contribution in [-0.4, -0.2) is 12.1 Å². The van der Waals surface area contributed by atoms with Crippen molar-refractivity contribution < 1.29 is 13.5 Å². The number of nitriles is 1. The molecule has 0 aliphatic rings. The van der Waals surface area contributed by atoms with Crippen molar-refractivity contribution in [3.63, 3.8) is 0 Å². The van der Waals surface area contributed by atoms with Crippen LogP contribution in [0.4, 0.5) is 8.78 Å². The van der Waals surface area contributed by atoms with Crippen LogP contribution < -0.4 is 4.74 Å². The van der Waals surface area contributed by atoms with E-state index in [2.05, 4.69) is 4.98 Å². The molecule has 0 aromatic carbocycles. The number of rotatable bonds is 2. The summed E-state index contributed by atoms with van der Waals surface area (Å²) < 4.78 is 30.0. The van der Waals surface area contributed by atoms with Crippen molar-refractivity contribution in [2.45, 2.75) is 6.43 Å². The zero-order valence-electron chi connectivity index (χ0n) is 7.09. The summed E-state index contributed by atoms with van der Waals surface area (Å²) in [5, 5.41) is 8.68. The Morgan fingerprint density at radius 3 is 2.71 bits per heavy atom. The first-order chi connectivity index (χ1) is 6.61. The zero-order valence-corrected chi connectivity index (χ0v) is 9.25. The van der Waals surface area contributed by atoms with E-state index in [1.165, 1.54) is 13.3 Å². The van der Waals surface area contributed by atoms with Gasteiger partial charge in [0.2, 0.25) is 0 Å². The van der Waals surface area contributed by atoms with Crippen LogP contribution in [0.2, 0.25) is 0 Å². The first-order valence-corrected chi connectivity index (χ1v) is 4.60. The lowest BCUT2D eigenvalue weighted by molar-refractivity contribution is 0.145. The first kappa shape index (κ1) is 11.1. The molecule has 0 amide bonds. The predicted octanol–water partition coefficient (Wildman–Crippen LogP) is 2.50. The van der Waals surface area contributed by atoms with Crippen LogP contribution >= 0.6 is 22.6 Å². The molecule has 0 unspecified atom stereocenters. The first-order valence-electron chi connectivity index (χ1n) is 3.52. The van der Waals surface area contributed by atoms with E-state index in [0.29, 0.717) is 9.32 Å². The van der Waals surface area contributed by atoms with E-state index in [4.69, 9.17) is 10.00 Å². The molecule has 3 nitrogen and oxygen atoms in total. The lowest BCUT2D eigenvalue weighted by Gasteiger charge is -2.07. The van der Waals surface area contributed by atoms with E-state index in [9.17, 15) is 8.78 Å². The van der Waals surface area contributed by atoms with Crippen molar-refractivity contribution in [2.24, 2.45) is 0 Å². The largest absolute Gasteiger partial charge is 0.494 e. The fourth-order valence-corrected chi connectivity index (χ4v) is 1.66. The Balaban J connectivity index is 3.38. The van der Waals surface area contributed by atoms with Crippen molar-refractivity contribution in [3.05, 3.63) is 21.0 Å². The van der Waals surface area contributed by atoms with E-state index in [1.807, 2.05) is 0 Å². The maximum absolute atomic E-state index is 12.4. The number of pyridine rings is 1. The lowest BCUT2D eigenvalue weighted by atomic mass is 10.2. The van der Waals surface area contributed by atoms with E-state index in [-0.39, 0.29) is 5.56 Å². The molecule has 0 N–H and O–H groups in total. The number of methoxy groups -OCH3 is 1. The third-order valence-corrected chi connectivity index (χ3v) is 2.62. The molecule has 14 heavy (non-hydrogen) atoms. The summed E-state index contributed by atoms with van der Waals surface area (Å²) in [4.78, 5) is 3.48. The van der Waals surface area contributed by atoms with Crippen molar-refractivity contribution in [2.75, 3.05) is 7.11 Å². The molecular formula is C8H5F2IN2O. The monoisotopic (exact) mass is 310 g/mol. The zero-order chi connectivity index (χ0) is 10.7. The highest BCUT2D eigenvalue weighted by molar-refractivity contribution is 14.1. The minimum atomic E-state index is -2.75. The predicted molar refractivity (Wildman–Crippen MR) is 53.2 cm³/mol. The standard InChI is InChI=1S/C8H5F2IN2O/c1-14-5-3-13-7(8(9)10)4(2-12)6(5)11/h3,8H,1H3. The van der Waals surface area contributed by atoms with Gasteiger partial charge in [0.1, 0.15) is 11.8 Å². The highest BCUT2D eigenvalue weighted by Gasteiger charge is 2.19. The summed E-state index contributed by atoms with van der Waals surface area (Å²) in [6, 6.07) is 1.69. The summed E-state index contributed by atoms with van der Waals surface area (Å²) in [5.41, 5.74) is -0.627. The van der Waals surface area contributed by atoms with Crippen molar-refractivity contribution in [3.8, 4) is 11.8 Å². The summed E-state index contributed by atoms with van der Waals surface area (Å²) in [6.07, 6.45) is -1.56. The van der Waals surface area contributed by atoms with Gasteiger partial charge in [-0.25, -0.2) is 13.8 Å². The summed E-state index contributed by atoms with van der Waals surface area (Å²) in [7, 11) is 1.39. The van der Waals surface area contributed by atoms with Gasteiger partial charge in [0.15, 0.2) is 5.75 Å². The number of ether oxygens (including phenoxy) is 1. The second kappa shape index (κ2) is 4.50. The molecule has 0 radical (unpaired) electrons. The molecule has 1 aromatic heterocycles. The maximum atomic E-state index is 12.4. The molecule has 1 heterocycles. The quantitative estimate of drug-likeness (QED) is 0.789. The molecule has 1 rings (SSSR count). The summed E-state index contributed by atoms with van der Waals surface area (Å²) in [6.45, 7) is 0. The Kier molecular flexibility index (Phi) is 3.57. The van der Waals surface area contributed by atoms with E-state index in [1.54, 1.807) is 28.7 Å². The van der Waals surface area contributed by atoms with Crippen molar-refractivity contribution in [1.82, 2.24) is 4.98 Å². The van der Waals surface area contributed by atoms with Gasteiger partial charge in [-0.2, -0.15) is 5.26 Å². The van der Waals surface area contributed by atoms with Crippen LogP contribution in [0.25, 0.3) is 0 Å². The second-order valence-corrected chi connectivity index (χ2v) is 3.39. The molecule has 0 atom stereocenters. The van der Waals surface area contributed by atoms with Crippen LogP contribution in [-0.2, 0) is 0 Å². The van der Waals surface area contributed by atoms with Gasteiger partial charge in [0, 0.05) is 0 Å². The number of aromatic nitrogens is 1. The smallest absolute Gasteiger partial charge is 0.281 e. The van der Waals surface area contributed by atoms with Crippen LogP contribution in [0.3, 0.4) is 0 Å². The van der Waals surface area contributed by atoms with Crippen molar-refractivity contribution >= 4 is 22.6 Å². The summed E-state index contributed by atoms with van der Waals surface area (Å²) in [5.74, 6) is 0.326. The van der Waals surface area contributed by atoms with Gasteiger partial charge in [-0.05, 0) is 22.6 Å². The van der Waals surface area contributed by atoms with Gasteiger partial charge in [-0.3, -0.25) is 0 Å². The van der Waals surface area contributed by atoms with Gasteiger partial charge in [0.25, 0.3) is 6.43 Å². The second-order valence-electron chi connectivity index (χ2n) is 2.31. The van der Waals surface area contributed by atoms with E-state index < -0.39 is 12.1 Å². The highest BCUT2D eigenvalue weighted by Crippen LogP contribution is 2.29. The van der Waals surface area contributed by atoms with Crippen molar-refractivity contribution in [1.29, 1.82) is 5.26 Å². The number of halogens is 3. The molecule has 0 saturated carbocycles.